The summed E-state index contributed by atoms with van der Waals surface area (Å²) in [6.45, 7) is 1.70. The van der Waals surface area contributed by atoms with Gasteiger partial charge in [0.25, 0.3) is 5.91 Å². The SMILES string of the molecule is Cc1cc(F)c(Sc2nccn2C)cc1C(=O)Nc1cccc(N)c1. The molecule has 5 nitrogen and oxygen atoms in total. The topological polar surface area (TPSA) is 72.9 Å². The molecule has 0 fully saturated rings. The summed E-state index contributed by atoms with van der Waals surface area (Å²) in [5.74, 6) is -0.698. The van der Waals surface area contributed by atoms with E-state index in [1.807, 2.05) is 7.05 Å². The molecule has 1 aromatic heterocycles. The van der Waals surface area contributed by atoms with Crippen LogP contribution in [-0.2, 0) is 7.05 Å². The average molecular weight is 356 g/mol. The second kappa shape index (κ2) is 6.98. The zero-order chi connectivity index (χ0) is 18.0. The molecule has 2 aromatic carbocycles. The van der Waals surface area contributed by atoms with Crippen LogP contribution in [0.1, 0.15) is 15.9 Å². The molecule has 0 aliphatic rings. The number of carbonyl (C=O) groups is 1. The van der Waals surface area contributed by atoms with Gasteiger partial charge in [-0.05, 0) is 54.6 Å². The van der Waals surface area contributed by atoms with Crippen molar-refractivity contribution >= 4 is 29.0 Å². The molecule has 0 unspecified atom stereocenters. The Balaban J connectivity index is 1.89. The molecule has 7 heteroatoms. The third-order valence-corrected chi connectivity index (χ3v) is 4.75. The number of anilines is 2. The number of nitrogens with one attached hydrogen (secondary N) is 1. The molecule has 3 aromatic rings. The summed E-state index contributed by atoms with van der Waals surface area (Å²) < 4.78 is 16.1. The van der Waals surface area contributed by atoms with Crippen LogP contribution in [0.25, 0.3) is 0 Å². The molecule has 0 radical (unpaired) electrons. The summed E-state index contributed by atoms with van der Waals surface area (Å²) in [4.78, 5) is 17.1. The number of aryl methyl sites for hydroxylation is 2. The van der Waals surface area contributed by atoms with Gasteiger partial charge >= 0.3 is 0 Å². The quantitative estimate of drug-likeness (QED) is 0.697. The van der Waals surface area contributed by atoms with Crippen molar-refractivity contribution in [3.05, 3.63) is 65.7 Å². The fourth-order valence-electron chi connectivity index (χ4n) is 2.34. The van der Waals surface area contributed by atoms with E-state index in [-0.39, 0.29) is 11.7 Å². The molecular formula is C18H17FN4OS. The summed E-state index contributed by atoms with van der Waals surface area (Å²) in [6, 6.07) is 9.81. The van der Waals surface area contributed by atoms with E-state index < -0.39 is 0 Å². The zero-order valence-electron chi connectivity index (χ0n) is 13.8. The molecule has 1 amide bonds. The second-order valence-corrected chi connectivity index (χ2v) is 6.61. The van der Waals surface area contributed by atoms with Crippen molar-refractivity contribution in [1.29, 1.82) is 0 Å². The maximum absolute atomic E-state index is 14.3. The van der Waals surface area contributed by atoms with Crippen LogP contribution in [-0.4, -0.2) is 15.5 Å². The molecule has 0 saturated carbocycles. The smallest absolute Gasteiger partial charge is 0.255 e. The first kappa shape index (κ1) is 17.0. The lowest BCUT2D eigenvalue weighted by Gasteiger charge is -2.11. The van der Waals surface area contributed by atoms with Crippen molar-refractivity contribution in [2.45, 2.75) is 17.0 Å². The van der Waals surface area contributed by atoms with Gasteiger partial charge in [-0.2, -0.15) is 0 Å². The van der Waals surface area contributed by atoms with Crippen molar-refractivity contribution in [1.82, 2.24) is 9.55 Å². The van der Waals surface area contributed by atoms with Crippen LogP contribution in [0.4, 0.5) is 15.8 Å². The number of nitrogen functional groups attached to an aromatic ring is 1. The molecule has 0 aliphatic heterocycles. The van der Waals surface area contributed by atoms with Crippen LogP contribution >= 0.6 is 11.8 Å². The maximum Gasteiger partial charge on any atom is 0.255 e. The van der Waals surface area contributed by atoms with E-state index in [2.05, 4.69) is 10.3 Å². The number of rotatable bonds is 4. The Morgan fingerprint density at radius 2 is 2.12 bits per heavy atom. The highest BCUT2D eigenvalue weighted by molar-refractivity contribution is 7.99. The minimum absolute atomic E-state index is 0.315. The van der Waals surface area contributed by atoms with Crippen LogP contribution in [0.15, 0.2) is 58.8 Å². The monoisotopic (exact) mass is 356 g/mol. The first-order valence-electron chi connectivity index (χ1n) is 7.56. The highest BCUT2D eigenvalue weighted by Crippen LogP contribution is 2.30. The third-order valence-electron chi connectivity index (χ3n) is 3.65. The van der Waals surface area contributed by atoms with Gasteiger partial charge in [0.05, 0.1) is 4.90 Å². The summed E-state index contributed by atoms with van der Waals surface area (Å²) in [7, 11) is 1.83. The minimum atomic E-state index is -0.383. The molecule has 0 bridgehead atoms. The van der Waals surface area contributed by atoms with E-state index in [1.165, 1.54) is 17.8 Å². The van der Waals surface area contributed by atoms with E-state index in [1.54, 1.807) is 54.2 Å². The summed E-state index contributed by atoms with van der Waals surface area (Å²) in [5.41, 5.74) is 7.83. The van der Waals surface area contributed by atoms with E-state index in [0.29, 0.717) is 32.6 Å². The first-order chi connectivity index (χ1) is 11.9. The van der Waals surface area contributed by atoms with Crippen LogP contribution in [0, 0.1) is 12.7 Å². The second-order valence-electron chi connectivity index (χ2n) is 5.60. The summed E-state index contributed by atoms with van der Waals surface area (Å²) in [5, 5.41) is 3.43. The van der Waals surface area contributed by atoms with E-state index in [9.17, 15) is 9.18 Å². The molecule has 0 aliphatic carbocycles. The van der Waals surface area contributed by atoms with E-state index >= 15 is 0 Å². The number of halogens is 1. The summed E-state index contributed by atoms with van der Waals surface area (Å²) >= 11 is 1.17. The lowest BCUT2D eigenvalue weighted by molar-refractivity contribution is 0.102. The normalized spacial score (nSPS) is 10.7. The predicted octanol–water partition coefficient (Wildman–Crippen LogP) is 3.85. The van der Waals surface area contributed by atoms with Crippen molar-refractivity contribution < 1.29 is 9.18 Å². The lowest BCUT2D eigenvalue weighted by atomic mass is 10.1. The van der Waals surface area contributed by atoms with Crippen LogP contribution in [0.3, 0.4) is 0 Å². The number of hydrogen-bond acceptors (Lipinski definition) is 4. The van der Waals surface area contributed by atoms with Gasteiger partial charge in [-0.1, -0.05) is 6.07 Å². The zero-order valence-corrected chi connectivity index (χ0v) is 14.6. The predicted molar refractivity (Wildman–Crippen MR) is 97.3 cm³/mol. The Morgan fingerprint density at radius 1 is 1.32 bits per heavy atom. The van der Waals surface area contributed by atoms with Gasteiger partial charge in [0.1, 0.15) is 5.82 Å². The van der Waals surface area contributed by atoms with Crippen LogP contribution < -0.4 is 11.1 Å². The van der Waals surface area contributed by atoms with Crippen molar-refractivity contribution in [3.8, 4) is 0 Å². The molecule has 3 N–H and O–H groups in total. The molecular weight excluding hydrogens is 339 g/mol. The molecule has 0 spiro atoms. The summed E-state index contributed by atoms with van der Waals surface area (Å²) in [6.07, 6.45) is 3.42. The fraction of sp³-hybridized carbons (Fsp3) is 0.111. The minimum Gasteiger partial charge on any atom is -0.399 e. The van der Waals surface area contributed by atoms with Gasteiger partial charge in [0.2, 0.25) is 0 Å². The van der Waals surface area contributed by atoms with Crippen LogP contribution in [0.2, 0.25) is 0 Å². The Morgan fingerprint density at radius 3 is 2.80 bits per heavy atom. The number of nitrogens with zero attached hydrogens (tertiary/aromatic N) is 2. The maximum atomic E-state index is 14.3. The largest absolute Gasteiger partial charge is 0.399 e. The van der Waals surface area contributed by atoms with Gasteiger partial charge < -0.3 is 15.6 Å². The Bertz CT molecular complexity index is 939. The molecule has 128 valence electrons. The number of benzene rings is 2. The number of carbonyl (C=O) groups excluding carboxylic acids is 1. The van der Waals surface area contributed by atoms with Gasteiger partial charge in [-0.15, -0.1) is 0 Å². The third kappa shape index (κ3) is 3.83. The molecule has 0 saturated heterocycles. The first-order valence-corrected chi connectivity index (χ1v) is 8.38. The molecule has 3 rings (SSSR count). The van der Waals surface area contributed by atoms with Crippen molar-refractivity contribution in [2.24, 2.45) is 7.05 Å². The lowest BCUT2D eigenvalue weighted by Crippen LogP contribution is -2.14. The number of aromatic nitrogens is 2. The van der Waals surface area contributed by atoms with E-state index in [0.717, 1.165) is 0 Å². The molecule has 1 heterocycles. The van der Waals surface area contributed by atoms with Gasteiger partial charge in [0, 0.05) is 36.4 Å². The Labute approximate surface area is 149 Å². The van der Waals surface area contributed by atoms with Gasteiger partial charge in [-0.25, -0.2) is 9.37 Å². The molecule has 0 atom stereocenters. The van der Waals surface area contributed by atoms with Gasteiger partial charge in [0.15, 0.2) is 5.16 Å². The van der Waals surface area contributed by atoms with Crippen LogP contribution in [0.5, 0.6) is 0 Å². The number of imidazole rings is 1. The number of hydrogen-bond donors (Lipinski definition) is 2. The highest BCUT2D eigenvalue weighted by atomic mass is 32.2. The standard InChI is InChI=1S/C18H17FN4OS/c1-11-8-15(19)16(25-18-21-6-7-23(18)2)10-14(11)17(24)22-13-5-3-4-12(20)9-13/h3-10H,20H2,1-2H3,(H,22,24). The fourth-order valence-corrected chi connectivity index (χ4v) is 3.19. The van der Waals surface area contributed by atoms with Crippen molar-refractivity contribution in [3.63, 3.8) is 0 Å². The Kier molecular flexibility index (Phi) is 4.76. The average Bonchev–Trinajstić information content (AvgIpc) is 2.95. The number of nitrogens with two attached hydrogens (primary N) is 1. The highest BCUT2D eigenvalue weighted by Gasteiger charge is 2.16. The van der Waals surface area contributed by atoms with Gasteiger partial charge in [-0.3, -0.25) is 4.79 Å². The van der Waals surface area contributed by atoms with Crippen molar-refractivity contribution in [2.75, 3.05) is 11.1 Å². The van der Waals surface area contributed by atoms with E-state index in [4.69, 9.17) is 5.73 Å². The Hall–Kier alpha value is -2.80. The number of amides is 1. The molecule has 25 heavy (non-hydrogen) atoms.